The molecule has 3 aliphatic rings. The van der Waals surface area contributed by atoms with E-state index in [2.05, 4.69) is 0 Å². The summed E-state index contributed by atoms with van der Waals surface area (Å²) in [6, 6.07) is 9.41. The summed E-state index contributed by atoms with van der Waals surface area (Å²) < 4.78 is 16.2. The molecule has 1 aromatic rings. The lowest BCUT2D eigenvalue weighted by Gasteiger charge is -2.25. The molecule has 0 amide bonds. The Balaban J connectivity index is 1.45. The van der Waals surface area contributed by atoms with Crippen molar-refractivity contribution in [1.29, 1.82) is 0 Å². The first-order chi connectivity index (χ1) is 12.1. The lowest BCUT2D eigenvalue weighted by molar-refractivity contribution is -0.220. The van der Waals surface area contributed by atoms with Crippen LogP contribution in [0.4, 0.5) is 0 Å². The summed E-state index contributed by atoms with van der Waals surface area (Å²) in [7, 11) is 0. The molecule has 0 radical (unpaired) electrons. The Bertz CT molecular complexity index is 692. The molecule has 4 rings (SSSR count). The van der Waals surface area contributed by atoms with E-state index in [4.69, 9.17) is 14.2 Å². The second kappa shape index (κ2) is 6.10. The molecule has 1 unspecified atom stereocenters. The molecular weight excluding hydrogens is 324 g/mol. The zero-order valence-corrected chi connectivity index (χ0v) is 13.7. The summed E-state index contributed by atoms with van der Waals surface area (Å²) in [6.07, 6.45) is 5.42. The Morgan fingerprint density at radius 2 is 1.80 bits per heavy atom. The number of aliphatic carboxylic acids is 1. The number of carbonyl (C=O) groups is 2. The molecule has 6 heteroatoms. The lowest BCUT2D eigenvalue weighted by atomic mass is 10.1. The number of carboxylic acids is 1. The maximum Gasteiger partial charge on any atom is 0.452 e. The Morgan fingerprint density at radius 3 is 2.36 bits per heavy atom. The zero-order chi connectivity index (χ0) is 17.4. The monoisotopic (exact) mass is 344 g/mol. The molecule has 25 heavy (non-hydrogen) atoms. The van der Waals surface area contributed by atoms with Crippen molar-refractivity contribution >= 4 is 11.9 Å². The molecule has 2 aliphatic carbocycles. The van der Waals surface area contributed by atoms with Crippen LogP contribution in [0.1, 0.15) is 31.2 Å². The number of benzene rings is 1. The van der Waals surface area contributed by atoms with Gasteiger partial charge in [-0.2, -0.15) is 0 Å². The van der Waals surface area contributed by atoms with E-state index in [1.165, 1.54) is 6.26 Å². The average Bonchev–Trinajstić information content (AvgIpc) is 3.52. The van der Waals surface area contributed by atoms with Crippen LogP contribution < -0.4 is 0 Å². The molecule has 2 saturated carbocycles. The van der Waals surface area contributed by atoms with Crippen molar-refractivity contribution in [2.75, 3.05) is 0 Å². The van der Waals surface area contributed by atoms with Gasteiger partial charge in [0.25, 0.3) is 0 Å². The van der Waals surface area contributed by atoms with E-state index in [0.29, 0.717) is 24.0 Å². The van der Waals surface area contributed by atoms with Crippen LogP contribution in [0.15, 0.2) is 42.4 Å². The van der Waals surface area contributed by atoms with Crippen molar-refractivity contribution in [3.05, 3.63) is 47.9 Å². The number of carboxylic acid groups (broad SMARTS) is 1. The van der Waals surface area contributed by atoms with Crippen LogP contribution in [-0.2, 0) is 30.2 Å². The summed E-state index contributed by atoms with van der Waals surface area (Å²) in [5, 5.41) is 9.56. The molecule has 1 N–H and O–H groups in total. The molecule has 6 nitrogen and oxygen atoms in total. The average molecular weight is 344 g/mol. The molecule has 2 fully saturated rings. The van der Waals surface area contributed by atoms with Gasteiger partial charge in [0.15, 0.2) is 0 Å². The van der Waals surface area contributed by atoms with E-state index < -0.39 is 17.7 Å². The van der Waals surface area contributed by atoms with Gasteiger partial charge in [0, 0.05) is 6.42 Å². The standard InChI is InChI=1S/C19H20O6/c20-17(21)19(18(22)24-16(13-6-7-13)14-8-9-14)23-11-15(25-19)10-12-4-2-1-3-5-12/h1-5,11,13-14,16H,6-10H2,(H,20,21). The molecular formula is C19H20O6. The maximum atomic E-state index is 12.6. The van der Waals surface area contributed by atoms with Crippen LogP contribution in [0.2, 0.25) is 0 Å². The minimum absolute atomic E-state index is 0.214. The molecule has 0 bridgehead atoms. The SMILES string of the molecule is O=C(O)C1(C(=O)OC(C2CC2)C2CC2)OC=C(Cc2ccccc2)O1. The number of esters is 1. The minimum atomic E-state index is -2.42. The normalized spacial score (nSPS) is 25.1. The van der Waals surface area contributed by atoms with Gasteiger partial charge in [0.05, 0.1) is 0 Å². The zero-order valence-electron chi connectivity index (χ0n) is 13.7. The molecule has 132 valence electrons. The van der Waals surface area contributed by atoms with Crippen LogP contribution in [0.25, 0.3) is 0 Å². The molecule has 1 heterocycles. The van der Waals surface area contributed by atoms with Crippen LogP contribution in [0.5, 0.6) is 0 Å². The Hall–Kier alpha value is -2.50. The number of hydrogen-bond donors (Lipinski definition) is 1. The van der Waals surface area contributed by atoms with Gasteiger partial charge >= 0.3 is 17.7 Å². The first-order valence-electron chi connectivity index (χ1n) is 8.63. The first-order valence-corrected chi connectivity index (χ1v) is 8.63. The summed E-state index contributed by atoms with van der Waals surface area (Å²) in [6.45, 7) is 0. The largest absolute Gasteiger partial charge is 0.475 e. The van der Waals surface area contributed by atoms with E-state index in [-0.39, 0.29) is 6.10 Å². The summed E-state index contributed by atoms with van der Waals surface area (Å²) in [5.74, 6) is -3.90. The number of carbonyl (C=O) groups excluding carboxylic acids is 1. The van der Waals surface area contributed by atoms with Crippen LogP contribution >= 0.6 is 0 Å². The predicted molar refractivity (Wildman–Crippen MR) is 86.1 cm³/mol. The highest BCUT2D eigenvalue weighted by molar-refractivity contribution is 6.01. The highest BCUT2D eigenvalue weighted by Crippen LogP contribution is 2.47. The summed E-state index contributed by atoms with van der Waals surface area (Å²) in [5.41, 5.74) is 0.931. The quantitative estimate of drug-likeness (QED) is 0.605. The van der Waals surface area contributed by atoms with Gasteiger partial charge in [0.1, 0.15) is 18.1 Å². The van der Waals surface area contributed by atoms with Crippen molar-refractivity contribution in [2.24, 2.45) is 11.8 Å². The Labute approximate surface area is 145 Å². The van der Waals surface area contributed by atoms with Crippen molar-refractivity contribution in [3.63, 3.8) is 0 Å². The molecule has 0 spiro atoms. The third-order valence-corrected chi connectivity index (χ3v) is 4.82. The highest BCUT2D eigenvalue weighted by atomic mass is 16.8. The maximum absolute atomic E-state index is 12.6. The van der Waals surface area contributed by atoms with Crippen LogP contribution in [0, 0.1) is 11.8 Å². The van der Waals surface area contributed by atoms with Crippen molar-refractivity contribution < 1.29 is 28.9 Å². The third-order valence-electron chi connectivity index (χ3n) is 4.82. The number of ether oxygens (including phenoxy) is 3. The van der Waals surface area contributed by atoms with Crippen molar-refractivity contribution in [1.82, 2.24) is 0 Å². The first kappa shape index (κ1) is 16.0. The van der Waals surface area contributed by atoms with Gasteiger partial charge in [-0.15, -0.1) is 0 Å². The van der Waals surface area contributed by atoms with E-state index in [1.54, 1.807) is 0 Å². The number of rotatable bonds is 7. The minimum Gasteiger partial charge on any atom is -0.475 e. The molecule has 0 aromatic heterocycles. The fourth-order valence-electron chi connectivity index (χ4n) is 3.16. The summed E-state index contributed by atoms with van der Waals surface area (Å²) in [4.78, 5) is 24.3. The fourth-order valence-corrected chi connectivity index (χ4v) is 3.16. The van der Waals surface area contributed by atoms with Gasteiger partial charge in [-0.1, -0.05) is 30.3 Å². The van der Waals surface area contributed by atoms with Gasteiger partial charge in [-0.05, 0) is 43.1 Å². The molecule has 1 aliphatic heterocycles. The Kier molecular flexibility index (Phi) is 3.90. The van der Waals surface area contributed by atoms with Gasteiger partial charge in [-0.25, -0.2) is 9.59 Å². The van der Waals surface area contributed by atoms with Gasteiger partial charge in [0.2, 0.25) is 0 Å². The van der Waals surface area contributed by atoms with Gasteiger partial charge < -0.3 is 19.3 Å². The second-order valence-corrected chi connectivity index (χ2v) is 6.93. The lowest BCUT2D eigenvalue weighted by Crippen LogP contribution is -2.50. The second-order valence-electron chi connectivity index (χ2n) is 6.93. The Morgan fingerprint density at radius 1 is 1.16 bits per heavy atom. The van der Waals surface area contributed by atoms with Crippen molar-refractivity contribution in [3.8, 4) is 0 Å². The molecule has 1 atom stereocenters. The molecule has 0 saturated heterocycles. The predicted octanol–water partition coefficient (Wildman–Crippen LogP) is 2.63. The summed E-state index contributed by atoms with van der Waals surface area (Å²) >= 11 is 0. The van der Waals surface area contributed by atoms with E-state index in [0.717, 1.165) is 31.2 Å². The van der Waals surface area contributed by atoms with E-state index in [1.807, 2.05) is 30.3 Å². The highest BCUT2D eigenvalue weighted by Gasteiger charge is 2.59. The van der Waals surface area contributed by atoms with Gasteiger partial charge in [-0.3, -0.25) is 0 Å². The molecule has 1 aromatic carbocycles. The third kappa shape index (κ3) is 3.21. The van der Waals surface area contributed by atoms with Crippen LogP contribution in [0.3, 0.4) is 0 Å². The van der Waals surface area contributed by atoms with Crippen LogP contribution in [-0.4, -0.2) is 28.9 Å². The number of allylic oxidation sites excluding steroid dienone is 1. The van der Waals surface area contributed by atoms with Crippen molar-refractivity contribution in [2.45, 2.75) is 44.0 Å². The smallest absolute Gasteiger partial charge is 0.452 e. The number of hydrogen-bond acceptors (Lipinski definition) is 5. The fraction of sp³-hybridized carbons (Fsp3) is 0.474. The van der Waals surface area contributed by atoms with E-state index in [9.17, 15) is 14.7 Å². The topological polar surface area (TPSA) is 82.1 Å². The van der Waals surface area contributed by atoms with E-state index >= 15 is 0 Å².